The van der Waals surface area contributed by atoms with E-state index in [9.17, 15) is 4.79 Å². The van der Waals surface area contributed by atoms with Crippen LogP contribution in [0.5, 0.6) is 0 Å². The van der Waals surface area contributed by atoms with Gasteiger partial charge in [0.2, 0.25) is 6.08 Å². The first-order valence-electron chi connectivity index (χ1n) is 5.90. The Labute approximate surface area is 103 Å². The molecule has 1 rings (SSSR count). The normalized spacial score (nSPS) is 13.4. The summed E-state index contributed by atoms with van der Waals surface area (Å²) in [6.45, 7) is 6.20. The van der Waals surface area contributed by atoms with Crippen molar-refractivity contribution in [1.82, 2.24) is 0 Å². The van der Waals surface area contributed by atoms with Gasteiger partial charge in [-0.3, -0.25) is 0 Å². The summed E-state index contributed by atoms with van der Waals surface area (Å²) in [4.78, 5) is 14.4. The van der Waals surface area contributed by atoms with E-state index in [0.717, 1.165) is 6.42 Å². The topological polar surface area (TPSA) is 29.4 Å². The summed E-state index contributed by atoms with van der Waals surface area (Å²) >= 11 is 0. The summed E-state index contributed by atoms with van der Waals surface area (Å²) in [5.74, 6) is 0.230. The van der Waals surface area contributed by atoms with Crippen molar-refractivity contribution in [3.63, 3.8) is 0 Å². The highest BCUT2D eigenvalue weighted by atomic mass is 16.1. The van der Waals surface area contributed by atoms with Gasteiger partial charge in [0.25, 0.3) is 0 Å². The second-order valence-electron chi connectivity index (χ2n) is 4.50. The van der Waals surface area contributed by atoms with Gasteiger partial charge < -0.3 is 0 Å². The second kappa shape index (κ2) is 6.82. The molecule has 0 N–H and O–H groups in total. The summed E-state index contributed by atoms with van der Waals surface area (Å²) in [5.41, 5.74) is 2.45. The van der Waals surface area contributed by atoms with Gasteiger partial charge in [0, 0.05) is 5.92 Å². The summed E-state index contributed by atoms with van der Waals surface area (Å²) in [6, 6.07) is 10.1. The molecule has 0 fully saturated rings. The molecule has 0 saturated carbocycles. The zero-order valence-corrected chi connectivity index (χ0v) is 10.7. The smallest absolute Gasteiger partial charge is 0.211 e. The van der Waals surface area contributed by atoms with Crippen LogP contribution in [0.2, 0.25) is 0 Å². The molecule has 1 aromatic rings. The van der Waals surface area contributed by atoms with E-state index in [1.54, 1.807) is 6.08 Å². The van der Waals surface area contributed by atoms with Crippen molar-refractivity contribution in [2.24, 2.45) is 4.99 Å². The van der Waals surface area contributed by atoms with Crippen molar-refractivity contribution in [2.75, 3.05) is 0 Å². The minimum absolute atomic E-state index is 0.0233. The lowest BCUT2D eigenvalue weighted by Gasteiger charge is -2.18. The van der Waals surface area contributed by atoms with E-state index >= 15 is 0 Å². The average Bonchev–Trinajstić information content (AvgIpc) is 2.34. The Bertz CT molecular complexity index is 412. The van der Waals surface area contributed by atoms with Crippen molar-refractivity contribution in [1.29, 1.82) is 0 Å². The third kappa shape index (κ3) is 4.38. The molecule has 0 aliphatic carbocycles. The second-order valence-corrected chi connectivity index (χ2v) is 4.50. The van der Waals surface area contributed by atoms with Crippen molar-refractivity contribution in [2.45, 2.75) is 39.2 Å². The van der Waals surface area contributed by atoms with Crippen LogP contribution >= 0.6 is 0 Å². The van der Waals surface area contributed by atoms with Crippen LogP contribution in [0.25, 0.3) is 0 Å². The molecule has 0 saturated heterocycles. The molecule has 0 aliphatic heterocycles. The number of benzene rings is 1. The van der Waals surface area contributed by atoms with Crippen LogP contribution in [0.15, 0.2) is 47.0 Å². The maximum atomic E-state index is 10.5. The lowest BCUT2D eigenvalue weighted by Crippen LogP contribution is -2.13. The molecule has 2 atom stereocenters. The van der Waals surface area contributed by atoms with Crippen LogP contribution in [0, 0.1) is 0 Å². The van der Waals surface area contributed by atoms with E-state index in [-0.39, 0.29) is 12.0 Å². The van der Waals surface area contributed by atoms with Crippen LogP contribution in [0.4, 0.5) is 0 Å². The molecule has 0 unspecified atom stereocenters. The van der Waals surface area contributed by atoms with E-state index in [0.29, 0.717) is 0 Å². The number of nitrogens with zero attached hydrogens (tertiary/aromatic N) is 1. The lowest BCUT2D eigenvalue weighted by atomic mass is 9.91. The number of hydrogen-bond donors (Lipinski definition) is 0. The van der Waals surface area contributed by atoms with Crippen molar-refractivity contribution in [3.05, 3.63) is 47.5 Å². The molecule has 90 valence electrons. The highest BCUT2D eigenvalue weighted by molar-refractivity contribution is 5.35. The first-order valence-corrected chi connectivity index (χ1v) is 5.90. The predicted octanol–water partition coefficient (Wildman–Crippen LogP) is 3.85. The standard InChI is InChI=1S/C15H19NO/c1-12(2)9-10-15(16-11-17)13(3)14-7-5-4-6-8-14/h4-9,13,15H,10H2,1-3H3/t13-,15+/m0/s1. The Morgan fingerprint density at radius 3 is 2.53 bits per heavy atom. The minimum atomic E-state index is -0.0233. The van der Waals surface area contributed by atoms with Gasteiger partial charge in [0.05, 0.1) is 6.04 Å². The van der Waals surface area contributed by atoms with Crippen LogP contribution in [0.1, 0.15) is 38.7 Å². The number of isocyanates is 1. The highest BCUT2D eigenvalue weighted by Gasteiger charge is 2.16. The predicted molar refractivity (Wildman–Crippen MR) is 70.8 cm³/mol. The SMILES string of the molecule is CC(C)=CC[C@@H](N=C=O)[C@@H](C)c1ccccc1. The zero-order chi connectivity index (χ0) is 12.7. The lowest BCUT2D eigenvalue weighted by molar-refractivity contribution is 0.536. The van der Waals surface area contributed by atoms with Crippen LogP contribution in [-0.4, -0.2) is 12.1 Å². The molecule has 0 aliphatic rings. The van der Waals surface area contributed by atoms with Gasteiger partial charge >= 0.3 is 0 Å². The Hall–Kier alpha value is -1.66. The van der Waals surface area contributed by atoms with Gasteiger partial charge in [-0.25, -0.2) is 9.79 Å². The number of carbonyl (C=O) groups excluding carboxylic acids is 1. The van der Waals surface area contributed by atoms with E-state index in [1.165, 1.54) is 11.1 Å². The molecule has 0 radical (unpaired) electrons. The third-order valence-corrected chi connectivity index (χ3v) is 2.89. The van der Waals surface area contributed by atoms with E-state index in [2.05, 4.69) is 44.0 Å². The molecule has 17 heavy (non-hydrogen) atoms. The summed E-state index contributed by atoms with van der Waals surface area (Å²) < 4.78 is 0. The fourth-order valence-corrected chi connectivity index (χ4v) is 1.77. The molecule has 2 nitrogen and oxygen atoms in total. The molecule has 0 spiro atoms. The van der Waals surface area contributed by atoms with Gasteiger partial charge in [-0.2, -0.15) is 0 Å². The van der Waals surface area contributed by atoms with Gasteiger partial charge in [-0.15, -0.1) is 0 Å². The maximum Gasteiger partial charge on any atom is 0.235 e. The van der Waals surface area contributed by atoms with E-state index in [4.69, 9.17) is 0 Å². The fraction of sp³-hybridized carbons (Fsp3) is 0.400. The van der Waals surface area contributed by atoms with Crippen molar-refractivity contribution >= 4 is 6.08 Å². The number of hydrogen-bond acceptors (Lipinski definition) is 2. The zero-order valence-electron chi connectivity index (χ0n) is 10.7. The summed E-state index contributed by atoms with van der Waals surface area (Å²) in [5, 5.41) is 0. The van der Waals surface area contributed by atoms with E-state index in [1.807, 2.05) is 18.2 Å². The molecule has 0 aromatic heterocycles. The highest BCUT2D eigenvalue weighted by Crippen LogP contribution is 2.23. The Morgan fingerprint density at radius 2 is 2.00 bits per heavy atom. The quantitative estimate of drug-likeness (QED) is 0.428. The third-order valence-electron chi connectivity index (χ3n) is 2.89. The maximum absolute atomic E-state index is 10.5. The number of allylic oxidation sites excluding steroid dienone is 1. The summed E-state index contributed by atoms with van der Waals surface area (Å²) in [7, 11) is 0. The van der Waals surface area contributed by atoms with Gasteiger partial charge in [0.15, 0.2) is 0 Å². The van der Waals surface area contributed by atoms with Crippen LogP contribution < -0.4 is 0 Å². The minimum Gasteiger partial charge on any atom is -0.211 e. The molecule has 1 aromatic carbocycles. The van der Waals surface area contributed by atoms with Crippen molar-refractivity contribution < 1.29 is 4.79 Å². The molecule has 0 heterocycles. The first kappa shape index (κ1) is 13.4. The summed E-state index contributed by atoms with van der Waals surface area (Å²) in [6.07, 6.45) is 4.59. The molecular weight excluding hydrogens is 210 g/mol. The Balaban J connectivity index is 2.84. The molecule has 0 bridgehead atoms. The van der Waals surface area contributed by atoms with Gasteiger partial charge in [-0.1, -0.05) is 48.9 Å². The van der Waals surface area contributed by atoms with Gasteiger partial charge in [0.1, 0.15) is 0 Å². The Morgan fingerprint density at radius 1 is 1.35 bits per heavy atom. The molecule has 2 heteroatoms. The Kier molecular flexibility index (Phi) is 5.38. The van der Waals surface area contributed by atoms with Gasteiger partial charge in [-0.05, 0) is 25.8 Å². The monoisotopic (exact) mass is 229 g/mol. The number of rotatable bonds is 5. The largest absolute Gasteiger partial charge is 0.235 e. The van der Waals surface area contributed by atoms with Crippen molar-refractivity contribution in [3.8, 4) is 0 Å². The molecular formula is C15H19NO. The van der Waals surface area contributed by atoms with Crippen LogP contribution in [-0.2, 0) is 4.79 Å². The molecule has 0 amide bonds. The average molecular weight is 229 g/mol. The van der Waals surface area contributed by atoms with E-state index < -0.39 is 0 Å². The number of aliphatic imine (C=N–C) groups is 1. The van der Waals surface area contributed by atoms with Crippen LogP contribution in [0.3, 0.4) is 0 Å². The fourth-order valence-electron chi connectivity index (χ4n) is 1.77. The first-order chi connectivity index (χ1) is 8.15.